The number of nitrogens with zero attached hydrogens (tertiary/aromatic N) is 2. The molecule has 2 aromatic carbocycles. The number of piperidine rings is 1. The van der Waals surface area contributed by atoms with Crippen LogP contribution in [0.1, 0.15) is 34.9 Å². The molecule has 1 aromatic heterocycles. The maximum atomic E-state index is 12.9. The topological polar surface area (TPSA) is 95.2 Å². The first-order valence-electron chi connectivity index (χ1n) is 9.25. The van der Waals surface area contributed by atoms with Gasteiger partial charge >= 0.3 is 0 Å². The molecule has 0 spiro atoms. The van der Waals surface area contributed by atoms with Crippen molar-refractivity contribution in [2.75, 3.05) is 20.1 Å². The number of aromatic nitrogens is 2. The van der Waals surface area contributed by atoms with Gasteiger partial charge in [0.1, 0.15) is 5.82 Å². The minimum atomic E-state index is -3.51. The Labute approximate surface area is 163 Å². The molecular weight excluding hydrogens is 376 g/mol. The minimum absolute atomic E-state index is 0.0887. The van der Waals surface area contributed by atoms with E-state index in [2.05, 4.69) is 14.7 Å². The van der Waals surface area contributed by atoms with Crippen LogP contribution in [0.2, 0.25) is 0 Å². The molecule has 2 N–H and O–H groups in total. The second kappa shape index (κ2) is 7.37. The van der Waals surface area contributed by atoms with Gasteiger partial charge in [-0.3, -0.25) is 4.79 Å². The minimum Gasteiger partial charge on any atom is -0.342 e. The van der Waals surface area contributed by atoms with Gasteiger partial charge in [-0.15, -0.1) is 0 Å². The van der Waals surface area contributed by atoms with E-state index < -0.39 is 10.0 Å². The van der Waals surface area contributed by atoms with Gasteiger partial charge < -0.3 is 9.88 Å². The summed E-state index contributed by atoms with van der Waals surface area (Å²) in [6.07, 6.45) is 1.88. The van der Waals surface area contributed by atoms with Gasteiger partial charge in [-0.05, 0) is 56.3 Å². The fraction of sp³-hybridized carbons (Fsp3) is 0.300. The molecule has 1 amide bonds. The van der Waals surface area contributed by atoms with Crippen LogP contribution in [-0.2, 0) is 10.0 Å². The van der Waals surface area contributed by atoms with Gasteiger partial charge in [0, 0.05) is 24.6 Å². The Balaban J connectivity index is 1.51. The Morgan fingerprint density at radius 2 is 1.93 bits per heavy atom. The summed E-state index contributed by atoms with van der Waals surface area (Å²) in [5, 5.41) is 0. The van der Waals surface area contributed by atoms with Crippen LogP contribution in [0.5, 0.6) is 0 Å². The van der Waals surface area contributed by atoms with Crippen molar-refractivity contribution in [3.63, 3.8) is 0 Å². The van der Waals surface area contributed by atoms with E-state index in [1.165, 1.54) is 19.2 Å². The number of rotatable bonds is 4. The van der Waals surface area contributed by atoms with E-state index in [0.29, 0.717) is 18.7 Å². The highest BCUT2D eigenvalue weighted by molar-refractivity contribution is 7.89. The molecule has 0 bridgehead atoms. The number of para-hydroxylation sites is 2. The molecule has 2 heterocycles. The van der Waals surface area contributed by atoms with Crippen molar-refractivity contribution in [3.05, 3.63) is 59.9 Å². The molecule has 1 aliphatic heterocycles. The predicted molar refractivity (Wildman–Crippen MR) is 107 cm³/mol. The Bertz CT molecular complexity index is 1070. The number of likely N-dealkylation sites (tertiary alicyclic amines) is 1. The number of carbonyl (C=O) groups excluding carboxylic acids is 1. The zero-order chi connectivity index (χ0) is 19.7. The quantitative estimate of drug-likeness (QED) is 0.706. The highest BCUT2D eigenvalue weighted by atomic mass is 32.2. The number of sulfonamides is 1. The van der Waals surface area contributed by atoms with E-state index in [4.69, 9.17) is 0 Å². The van der Waals surface area contributed by atoms with Crippen LogP contribution in [0.4, 0.5) is 0 Å². The molecular formula is C20H22N4O3S. The third-order valence-electron chi connectivity index (χ3n) is 5.18. The predicted octanol–water partition coefficient (Wildman–Crippen LogP) is 2.49. The van der Waals surface area contributed by atoms with Crippen molar-refractivity contribution < 1.29 is 13.2 Å². The Kier molecular flexibility index (Phi) is 4.91. The molecule has 1 fully saturated rings. The number of aromatic amines is 1. The highest BCUT2D eigenvalue weighted by Crippen LogP contribution is 2.27. The fourth-order valence-corrected chi connectivity index (χ4v) is 4.36. The number of nitrogens with one attached hydrogen (secondary N) is 2. The third kappa shape index (κ3) is 3.53. The second-order valence-corrected chi connectivity index (χ2v) is 8.85. The Morgan fingerprint density at radius 3 is 2.64 bits per heavy atom. The Morgan fingerprint density at radius 1 is 1.18 bits per heavy atom. The van der Waals surface area contributed by atoms with Crippen LogP contribution < -0.4 is 4.72 Å². The van der Waals surface area contributed by atoms with Crippen LogP contribution in [0.15, 0.2) is 53.4 Å². The van der Waals surface area contributed by atoms with E-state index in [1.807, 2.05) is 29.2 Å². The fourth-order valence-electron chi connectivity index (χ4n) is 3.63. The molecule has 8 heteroatoms. The molecule has 1 atom stereocenters. The summed E-state index contributed by atoms with van der Waals surface area (Å²) in [7, 11) is -2.15. The van der Waals surface area contributed by atoms with Crippen molar-refractivity contribution in [2.45, 2.75) is 23.7 Å². The molecule has 0 unspecified atom stereocenters. The number of imidazole rings is 1. The molecule has 1 aliphatic rings. The lowest BCUT2D eigenvalue weighted by Crippen LogP contribution is -2.39. The second-order valence-electron chi connectivity index (χ2n) is 6.96. The molecule has 28 heavy (non-hydrogen) atoms. The van der Waals surface area contributed by atoms with Gasteiger partial charge in [-0.2, -0.15) is 0 Å². The largest absolute Gasteiger partial charge is 0.342 e. The van der Waals surface area contributed by atoms with Crippen LogP contribution in [0, 0.1) is 0 Å². The first kappa shape index (κ1) is 18.6. The van der Waals surface area contributed by atoms with E-state index >= 15 is 0 Å². The van der Waals surface area contributed by atoms with Crippen LogP contribution in [-0.4, -0.2) is 49.3 Å². The van der Waals surface area contributed by atoms with Crippen molar-refractivity contribution in [2.24, 2.45) is 0 Å². The summed E-state index contributed by atoms with van der Waals surface area (Å²) in [4.78, 5) is 22.9. The van der Waals surface area contributed by atoms with Crippen molar-refractivity contribution in [1.29, 1.82) is 0 Å². The third-order valence-corrected chi connectivity index (χ3v) is 6.61. The number of amides is 1. The Hall–Kier alpha value is -2.71. The summed E-state index contributed by atoms with van der Waals surface area (Å²) in [6.45, 7) is 1.28. The van der Waals surface area contributed by atoms with Crippen LogP contribution in [0.3, 0.4) is 0 Å². The smallest absolute Gasteiger partial charge is 0.253 e. The lowest BCUT2D eigenvalue weighted by Gasteiger charge is -2.32. The van der Waals surface area contributed by atoms with Crippen LogP contribution in [0.25, 0.3) is 11.0 Å². The summed E-state index contributed by atoms with van der Waals surface area (Å²) in [5.74, 6) is 0.984. The van der Waals surface area contributed by atoms with E-state index in [0.717, 1.165) is 29.7 Å². The SMILES string of the molecule is CNS(=O)(=O)c1ccc(C(=O)N2CCC[C@H](c3nc4ccccc4[nH]3)C2)cc1. The lowest BCUT2D eigenvalue weighted by molar-refractivity contribution is 0.0705. The number of carbonyl (C=O) groups is 1. The molecule has 7 nitrogen and oxygen atoms in total. The molecule has 0 aliphatic carbocycles. The lowest BCUT2D eigenvalue weighted by atomic mass is 9.96. The van der Waals surface area contributed by atoms with E-state index in [1.54, 1.807) is 12.1 Å². The average Bonchev–Trinajstić information content (AvgIpc) is 3.18. The van der Waals surface area contributed by atoms with Gasteiger partial charge in [0.2, 0.25) is 10.0 Å². The molecule has 0 radical (unpaired) electrons. The van der Waals surface area contributed by atoms with E-state index in [9.17, 15) is 13.2 Å². The molecule has 1 saturated heterocycles. The number of fused-ring (bicyclic) bond motifs is 1. The normalized spacial score (nSPS) is 17.8. The average molecular weight is 398 g/mol. The van der Waals surface area contributed by atoms with Crippen molar-refractivity contribution >= 4 is 27.0 Å². The first-order valence-corrected chi connectivity index (χ1v) is 10.7. The van der Waals surface area contributed by atoms with Crippen LogP contribution >= 0.6 is 0 Å². The van der Waals surface area contributed by atoms with Gasteiger partial charge in [0.05, 0.1) is 15.9 Å². The number of hydrogen-bond acceptors (Lipinski definition) is 4. The standard InChI is InChI=1S/C20H22N4O3S/c1-21-28(26,27)16-10-8-14(9-11-16)20(25)24-12-4-5-15(13-24)19-22-17-6-2-3-7-18(17)23-19/h2-3,6-11,15,21H,4-5,12-13H2,1H3,(H,22,23)/t15-/m0/s1. The highest BCUT2D eigenvalue weighted by Gasteiger charge is 2.27. The zero-order valence-electron chi connectivity index (χ0n) is 15.6. The molecule has 0 saturated carbocycles. The summed E-state index contributed by atoms with van der Waals surface area (Å²) in [5.41, 5.74) is 2.42. The monoisotopic (exact) mass is 398 g/mol. The summed E-state index contributed by atoms with van der Waals surface area (Å²) in [6, 6.07) is 14.0. The summed E-state index contributed by atoms with van der Waals surface area (Å²) >= 11 is 0. The summed E-state index contributed by atoms with van der Waals surface area (Å²) < 4.78 is 26.0. The molecule has 4 rings (SSSR count). The number of hydrogen-bond donors (Lipinski definition) is 2. The number of benzene rings is 2. The zero-order valence-corrected chi connectivity index (χ0v) is 16.4. The van der Waals surface area contributed by atoms with E-state index in [-0.39, 0.29) is 16.7 Å². The van der Waals surface area contributed by atoms with Gasteiger partial charge in [-0.1, -0.05) is 12.1 Å². The van der Waals surface area contributed by atoms with Crippen molar-refractivity contribution in [1.82, 2.24) is 19.6 Å². The van der Waals surface area contributed by atoms with Crippen molar-refractivity contribution in [3.8, 4) is 0 Å². The first-order chi connectivity index (χ1) is 13.5. The molecule has 3 aromatic rings. The van der Waals surface area contributed by atoms with Gasteiger partial charge in [0.25, 0.3) is 5.91 Å². The van der Waals surface area contributed by atoms with Gasteiger partial charge in [-0.25, -0.2) is 18.1 Å². The maximum Gasteiger partial charge on any atom is 0.253 e. The maximum absolute atomic E-state index is 12.9. The number of H-pyrrole nitrogens is 1. The van der Waals surface area contributed by atoms with Gasteiger partial charge in [0.15, 0.2) is 0 Å². The molecule has 146 valence electrons.